The smallest absolute Gasteiger partial charge is 0.127 e. The molecule has 3 nitrogen and oxygen atoms in total. The molecule has 0 saturated heterocycles. The first kappa shape index (κ1) is 28.3. The van der Waals surface area contributed by atoms with Gasteiger partial charge in [-0.05, 0) is 75.3 Å². The first-order valence-electron chi connectivity index (χ1n) is 12.9. The third kappa shape index (κ3) is 7.27. The lowest BCUT2D eigenvalue weighted by atomic mass is 9.96. The molecule has 0 saturated carbocycles. The zero-order valence-electron chi connectivity index (χ0n) is 23.6. The summed E-state index contributed by atoms with van der Waals surface area (Å²) in [6.07, 6.45) is 9.87. The zero-order valence-corrected chi connectivity index (χ0v) is 23.6. The van der Waals surface area contributed by atoms with Gasteiger partial charge in [0.05, 0.1) is 19.9 Å². The fourth-order valence-corrected chi connectivity index (χ4v) is 4.12. The van der Waals surface area contributed by atoms with E-state index >= 15 is 0 Å². The van der Waals surface area contributed by atoms with E-state index in [1.165, 1.54) is 27.8 Å². The van der Waals surface area contributed by atoms with Crippen molar-refractivity contribution in [1.82, 2.24) is 0 Å². The molecular formula is C32H45NO2. The maximum Gasteiger partial charge on any atom is 0.127 e. The van der Waals surface area contributed by atoms with Crippen molar-refractivity contribution >= 4 is 16.9 Å². The van der Waals surface area contributed by atoms with Crippen LogP contribution in [0, 0.1) is 12.8 Å². The number of anilines is 2. The van der Waals surface area contributed by atoms with Gasteiger partial charge in [0, 0.05) is 29.6 Å². The van der Waals surface area contributed by atoms with Crippen LogP contribution in [-0.2, 0) is 6.42 Å². The van der Waals surface area contributed by atoms with Crippen LogP contribution in [0.3, 0.4) is 0 Å². The second-order valence-electron chi connectivity index (χ2n) is 9.61. The SMILES string of the molecule is CC/C(C)=C\N(c1cc(OC)c(CC)c(OC)c1)c1ccc(/C(C=C(C)C)=C/C(C)CC)cc1C. The molecule has 0 aliphatic heterocycles. The summed E-state index contributed by atoms with van der Waals surface area (Å²) in [5.41, 5.74) is 9.62. The first-order valence-corrected chi connectivity index (χ1v) is 12.9. The van der Waals surface area contributed by atoms with Crippen LogP contribution in [0.15, 0.2) is 59.8 Å². The highest BCUT2D eigenvalue weighted by atomic mass is 16.5. The molecule has 0 spiro atoms. The van der Waals surface area contributed by atoms with Crippen molar-refractivity contribution in [2.75, 3.05) is 19.1 Å². The van der Waals surface area contributed by atoms with Gasteiger partial charge in [0.1, 0.15) is 11.5 Å². The lowest BCUT2D eigenvalue weighted by molar-refractivity contribution is 0.386. The van der Waals surface area contributed by atoms with E-state index in [0.29, 0.717) is 5.92 Å². The van der Waals surface area contributed by atoms with Crippen LogP contribution in [0.2, 0.25) is 0 Å². The average Bonchev–Trinajstić information content (AvgIpc) is 2.85. The second-order valence-corrected chi connectivity index (χ2v) is 9.61. The molecule has 0 fully saturated rings. The van der Waals surface area contributed by atoms with E-state index in [1.54, 1.807) is 14.2 Å². The maximum atomic E-state index is 5.76. The molecule has 2 aromatic rings. The highest BCUT2D eigenvalue weighted by Crippen LogP contribution is 2.39. The molecule has 2 aromatic carbocycles. The molecule has 0 amide bonds. The number of benzene rings is 2. The van der Waals surface area contributed by atoms with Gasteiger partial charge in [-0.2, -0.15) is 0 Å². The molecule has 0 aromatic heterocycles. The molecule has 0 heterocycles. The van der Waals surface area contributed by atoms with E-state index in [2.05, 4.69) is 109 Å². The molecule has 2 rings (SSSR count). The summed E-state index contributed by atoms with van der Waals surface area (Å²) in [5.74, 6) is 2.24. The molecule has 190 valence electrons. The predicted molar refractivity (Wildman–Crippen MR) is 153 cm³/mol. The summed E-state index contributed by atoms with van der Waals surface area (Å²) < 4.78 is 11.5. The van der Waals surface area contributed by atoms with Crippen LogP contribution in [-0.4, -0.2) is 14.2 Å². The second kappa shape index (κ2) is 13.2. The van der Waals surface area contributed by atoms with Crippen LogP contribution < -0.4 is 14.4 Å². The average molecular weight is 476 g/mol. The van der Waals surface area contributed by atoms with Gasteiger partial charge in [-0.15, -0.1) is 0 Å². The number of nitrogens with zero attached hydrogens (tertiary/aromatic N) is 1. The highest BCUT2D eigenvalue weighted by molar-refractivity contribution is 5.79. The van der Waals surface area contributed by atoms with Gasteiger partial charge in [0.25, 0.3) is 0 Å². The number of rotatable bonds is 11. The van der Waals surface area contributed by atoms with E-state index in [4.69, 9.17) is 9.47 Å². The lowest BCUT2D eigenvalue weighted by Crippen LogP contribution is -2.12. The third-order valence-corrected chi connectivity index (χ3v) is 6.47. The Labute approximate surface area is 214 Å². The summed E-state index contributed by atoms with van der Waals surface area (Å²) in [6, 6.07) is 11.0. The van der Waals surface area contributed by atoms with E-state index < -0.39 is 0 Å². The monoisotopic (exact) mass is 475 g/mol. The van der Waals surface area contributed by atoms with Gasteiger partial charge in [-0.1, -0.05) is 63.5 Å². The topological polar surface area (TPSA) is 21.7 Å². The Morgan fingerprint density at radius 3 is 2.06 bits per heavy atom. The molecule has 3 heteroatoms. The summed E-state index contributed by atoms with van der Waals surface area (Å²) in [5, 5.41) is 0. The summed E-state index contributed by atoms with van der Waals surface area (Å²) in [7, 11) is 3.45. The third-order valence-electron chi connectivity index (χ3n) is 6.47. The van der Waals surface area contributed by atoms with Crippen molar-refractivity contribution in [2.24, 2.45) is 5.92 Å². The lowest BCUT2D eigenvalue weighted by Gasteiger charge is -2.26. The van der Waals surface area contributed by atoms with Crippen LogP contribution in [0.1, 0.15) is 78.0 Å². The van der Waals surface area contributed by atoms with Crippen molar-refractivity contribution in [2.45, 2.75) is 74.7 Å². The van der Waals surface area contributed by atoms with Gasteiger partial charge in [-0.25, -0.2) is 0 Å². The molecule has 1 atom stereocenters. The molecule has 0 aliphatic rings. The summed E-state index contributed by atoms with van der Waals surface area (Å²) in [4.78, 5) is 2.27. The molecular weight excluding hydrogens is 430 g/mol. The Morgan fingerprint density at radius 1 is 0.971 bits per heavy atom. The minimum absolute atomic E-state index is 0.532. The molecule has 0 aliphatic carbocycles. The van der Waals surface area contributed by atoms with E-state index in [-0.39, 0.29) is 0 Å². The van der Waals surface area contributed by atoms with Crippen molar-refractivity contribution in [3.63, 3.8) is 0 Å². The molecule has 0 bridgehead atoms. The van der Waals surface area contributed by atoms with Gasteiger partial charge in [0.15, 0.2) is 0 Å². The molecule has 35 heavy (non-hydrogen) atoms. The van der Waals surface area contributed by atoms with Crippen molar-refractivity contribution in [3.8, 4) is 11.5 Å². The standard InChI is InChI=1S/C32H45NO2/c1-11-23(6)17-27(16-22(4)5)26-14-15-30(25(8)18-26)33(21-24(7)12-2)28-19-31(34-9)29(13-3)32(20-28)35-10/h14-21,23H,11-13H2,1-10H3/b24-21-,27-17+. The van der Waals surface area contributed by atoms with E-state index in [9.17, 15) is 0 Å². The highest BCUT2D eigenvalue weighted by Gasteiger charge is 2.17. The number of ether oxygens (including phenoxy) is 2. The van der Waals surface area contributed by atoms with Gasteiger partial charge < -0.3 is 14.4 Å². The first-order chi connectivity index (χ1) is 16.7. The van der Waals surface area contributed by atoms with Gasteiger partial charge >= 0.3 is 0 Å². The Hall–Kier alpha value is -2.94. The van der Waals surface area contributed by atoms with Crippen LogP contribution in [0.4, 0.5) is 11.4 Å². The number of aryl methyl sites for hydroxylation is 1. The molecule has 1 unspecified atom stereocenters. The number of hydrogen-bond acceptors (Lipinski definition) is 3. The van der Waals surface area contributed by atoms with E-state index in [0.717, 1.165) is 47.7 Å². The summed E-state index contributed by atoms with van der Waals surface area (Å²) >= 11 is 0. The van der Waals surface area contributed by atoms with Crippen LogP contribution in [0.5, 0.6) is 11.5 Å². The van der Waals surface area contributed by atoms with Gasteiger partial charge in [0.2, 0.25) is 0 Å². The van der Waals surface area contributed by atoms with Crippen molar-refractivity contribution < 1.29 is 9.47 Å². The Bertz CT molecular complexity index is 1060. The largest absolute Gasteiger partial charge is 0.496 e. The Kier molecular flexibility index (Phi) is 10.7. The minimum Gasteiger partial charge on any atom is -0.496 e. The quantitative estimate of drug-likeness (QED) is 0.302. The predicted octanol–water partition coefficient (Wildman–Crippen LogP) is 9.42. The van der Waals surface area contributed by atoms with Crippen molar-refractivity contribution in [1.29, 1.82) is 0 Å². The van der Waals surface area contributed by atoms with Crippen molar-refractivity contribution in [3.05, 3.63) is 76.5 Å². The number of hydrogen-bond donors (Lipinski definition) is 0. The molecule has 0 radical (unpaired) electrons. The summed E-state index contributed by atoms with van der Waals surface area (Å²) in [6.45, 7) is 17.5. The maximum absolute atomic E-state index is 5.76. The number of allylic oxidation sites excluding steroid dienone is 5. The van der Waals surface area contributed by atoms with Crippen LogP contribution in [0.25, 0.3) is 5.57 Å². The minimum atomic E-state index is 0.532. The van der Waals surface area contributed by atoms with Gasteiger partial charge in [-0.3, -0.25) is 0 Å². The Balaban J connectivity index is 2.71. The zero-order chi connectivity index (χ0) is 26.1. The van der Waals surface area contributed by atoms with Crippen LogP contribution >= 0.6 is 0 Å². The number of methoxy groups -OCH3 is 2. The van der Waals surface area contributed by atoms with E-state index in [1.807, 2.05) is 0 Å². The normalized spacial score (nSPS) is 12.9. The molecule has 0 N–H and O–H groups in total. The Morgan fingerprint density at radius 2 is 1.60 bits per heavy atom. The fourth-order valence-electron chi connectivity index (χ4n) is 4.12. The fraction of sp³-hybridized carbons (Fsp3) is 0.438.